The largest absolute Gasteiger partial charge is 0.398 e. The van der Waals surface area contributed by atoms with Gasteiger partial charge in [0.15, 0.2) is 0 Å². The van der Waals surface area contributed by atoms with Gasteiger partial charge in [-0.05, 0) is 83.8 Å². The highest BCUT2D eigenvalue weighted by atomic mass is 14.6. The second kappa shape index (κ2) is 4.27. The molecule has 0 saturated heterocycles. The molecule has 2 aromatic rings. The zero-order chi connectivity index (χ0) is 13.6. The van der Waals surface area contributed by atoms with Crippen LogP contribution in [-0.2, 0) is 6.42 Å². The highest BCUT2D eigenvalue weighted by Gasteiger charge is 2.15. The van der Waals surface area contributed by atoms with Gasteiger partial charge in [-0.1, -0.05) is 18.7 Å². The number of aryl methyl sites for hydroxylation is 3. The molecule has 0 bridgehead atoms. The third-order valence-corrected chi connectivity index (χ3v) is 4.11. The summed E-state index contributed by atoms with van der Waals surface area (Å²) in [6, 6.07) is 11.1. The molecule has 0 spiro atoms. The van der Waals surface area contributed by atoms with Crippen molar-refractivity contribution >= 4 is 11.3 Å². The maximum absolute atomic E-state index is 6.03. The van der Waals surface area contributed by atoms with Crippen molar-refractivity contribution in [3.63, 3.8) is 0 Å². The van der Waals surface area contributed by atoms with Crippen LogP contribution in [0.2, 0.25) is 0 Å². The maximum Gasteiger partial charge on any atom is 0.0373 e. The summed E-state index contributed by atoms with van der Waals surface area (Å²) < 4.78 is 0. The summed E-state index contributed by atoms with van der Waals surface area (Å²) in [4.78, 5) is 0. The van der Waals surface area contributed by atoms with Gasteiger partial charge in [0.25, 0.3) is 0 Å². The fraction of sp³-hybridized carbons (Fsp3) is 0.222. The van der Waals surface area contributed by atoms with E-state index >= 15 is 0 Å². The number of allylic oxidation sites excluding steroid dienone is 1. The Labute approximate surface area is 114 Å². The predicted octanol–water partition coefficient (Wildman–Crippen LogP) is 4.51. The number of hydrogen-bond donors (Lipinski definition) is 1. The predicted molar refractivity (Wildman–Crippen MR) is 83.1 cm³/mol. The van der Waals surface area contributed by atoms with Gasteiger partial charge in [0.05, 0.1) is 0 Å². The van der Waals surface area contributed by atoms with Crippen LogP contribution >= 0.6 is 0 Å². The van der Waals surface area contributed by atoms with Gasteiger partial charge in [0.1, 0.15) is 0 Å². The molecule has 0 radical (unpaired) electrons. The van der Waals surface area contributed by atoms with E-state index in [0.29, 0.717) is 0 Å². The summed E-state index contributed by atoms with van der Waals surface area (Å²) in [5.41, 5.74) is 15.7. The Balaban J connectivity index is 2.13. The maximum atomic E-state index is 6.03. The number of anilines is 1. The summed E-state index contributed by atoms with van der Waals surface area (Å²) in [5.74, 6) is 0. The van der Waals surface area contributed by atoms with Crippen molar-refractivity contribution in [3.8, 4) is 11.1 Å². The standard InChI is InChI=1S/C18H19N/c1-11-4-5-14-6-7-15(10-17(11)14)16-8-12(2)18(19)13(3)9-16/h6-10H,1,4-5,19H2,2-3H3. The van der Waals surface area contributed by atoms with Crippen molar-refractivity contribution in [2.24, 2.45) is 0 Å². The topological polar surface area (TPSA) is 26.0 Å². The Morgan fingerprint density at radius 3 is 2.32 bits per heavy atom. The molecule has 0 aromatic heterocycles. The molecule has 1 aliphatic rings. The number of nitrogen functional groups attached to an aromatic ring is 1. The zero-order valence-electron chi connectivity index (χ0n) is 11.6. The first kappa shape index (κ1) is 12.0. The van der Waals surface area contributed by atoms with Gasteiger partial charge < -0.3 is 5.73 Å². The molecule has 0 amide bonds. The Morgan fingerprint density at radius 2 is 1.63 bits per heavy atom. The Hall–Kier alpha value is -2.02. The van der Waals surface area contributed by atoms with Gasteiger partial charge in [-0.3, -0.25) is 0 Å². The Morgan fingerprint density at radius 1 is 0.947 bits per heavy atom. The van der Waals surface area contributed by atoms with E-state index in [1.165, 1.54) is 27.8 Å². The number of rotatable bonds is 1. The van der Waals surface area contributed by atoms with Crippen molar-refractivity contribution in [2.45, 2.75) is 26.7 Å². The molecular weight excluding hydrogens is 230 g/mol. The second-order valence-electron chi connectivity index (χ2n) is 5.50. The number of nitrogens with two attached hydrogens (primary N) is 1. The minimum atomic E-state index is 0.898. The molecule has 1 nitrogen and oxygen atoms in total. The smallest absolute Gasteiger partial charge is 0.0373 e. The minimum absolute atomic E-state index is 0.898. The van der Waals surface area contributed by atoms with Crippen molar-refractivity contribution in [2.75, 3.05) is 5.73 Å². The van der Waals surface area contributed by atoms with E-state index < -0.39 is 0 Å². The first-order valence-electron chi connectivity index (χ1n) is 6.74. The average Bonchev–Trinajstić information content (AvgIpc) is 2.77. The third-order valence-electron chi connectivity index (χ3n) is 4.11. The van der Waals surface area contributed by atoms with Gasteiger partial charge in [-0.2, -0.15) is 0 Å². The van der Waals surface area contributed by atoms with Crippen LogP contribution in [0.15, 0.2) is 36.9 Å². The van der Waals surface area contributed by atoms with Crippen LogP contribution in [-0.4, -0.2) is 0 Å². The van der Waals surface area contributed by atoms with Gasteiger partial charge in [-0.25, -0.2) is 0 Å². The molecule has 2 aromatic carbocycles. The van der Waals surface area contributed by atoms with E-state index in [4.69, 9.17) is 5.73 Å². The minimum Gasteiger partial charge on any atom is -0.398 e. The molecule has 1 aliphatic carbocycles. The lowest BCUT2D eigenvalue weighted by atomic mass is 9.96. The molecule has 2 N–H and O–H groups in total. The quantitative estimate of drug-likeness (QED) is 0.739. The fourth-order valence-electron chi connectivity index (χ4n) is 2.86. The molecule has 19 heavy (non-hydrogen) atoms. The SMILES string of the molecule is C=C1CCc2ccc(-c3cc(C)c(N)c(C)c3)cc21. The summed E-state index contributed by atoms with van der Waals surface area (Å²) in [6.07, 6.45) is 2.23. The number of benzene rings is 2. The van der Waals surface area contributed by atoms with Crippen LogP contribution in [0.4, 0.5) is 5.69 Å². The lowest BCUT2D eigenvalue weighted by Gasteiger charge is -2.10. The van der Waals surface area contributed by atoms with Crippen molar-refractivity contribution in [1.29, 1.82) is 0 Å². The van der Waals surface area contributed by atoms with E-state index in [1.807, 2.05) is 0 Å². The highest BCUT2D eigenvalue weighted by Crippen LogP contribution is 2.35. The highest BCUT2D eigenvalue weighted by molar-refractivity contribution is 5.78. The molecule has 0 heterocycles. The molecule has 0 fully saturated rings. The summed E-state index contributed by atoms with van der Waals surface area (Å²) in [5, 5.41) is 0. The van der Waals surface area contributed by atoms with E-state index in [9.17, 15) is 0 Å². The first-order valence-corrected chi connectivity index (χ1v) is 6.74. The molecule has 3 rings (SSSR count). The van der Waals surface area contributed by atoms with E-state index in [-0.39, 0.29) is 0 Å². The van der Waals surface area contributed by atoms with Crippen molar-refractivity contribution in [1.82, 2.24) is 0 Å². The van der Waals surface area contributed by atoms with Crippen LogP contribution in [0, 0.1) is 13.8 Å². The Kier molecular flexibility index (Phi) is 2.70. The average molecular weight is 249 g/mol. The van der Waals surface area contributed by atoms with Gasteiger partial charge >= 0.3 is 0 Å². The van der Waals surface area contributed by atoms with E-state index in [0.717, 1.165) is 29.7 Å². The zero-order valence-corrected chi connectivity index (χ0v) is 11.6. The summed E-state index contributed by atoms with van der Waals surface area (Å²) in [6.45, 7) is 8.29. The molecular formula is C18H19N. The number of fused-ring (bicyclic) bond motifs is 1. The molecule has 1 heteroatoms. The fourth-order valence-corrected chi connectivity index (χ4v) is 2.86. The normalized spacial score (nSPS) is 13.7. The van der Waals surface area contributed by atoms with Crippen LogP contribution in [0.1, 0.15) is 28.7 Å². The van der Waals surface area contributed by atoms with Gasteiger partial charge in [-0.15, -0.1) is 0 Å². The van der Waals surface area contributed by atoms with Crippen LogP contribution in [0.5, 0.6) is 0 Å². The Bertz CT molecular complexity index is 657. The van der Waals surface area contributed by atoms with Crippen molar-refractivity contribution < 1.29 is 0 Å². The molecule has 0 aliphatic heterocycles. The van der Waals surface area contributed by atoms with Gasteiger partial charge in [0, 0.05) is 5.69 Å². The lowest BCUT2D eigenvalue weighted by molar-refractivity contribution is 1.08. The lowest BCUT2D eigenvalue weighted by Crippen LogP contribution is -1.94. The summed E-state index contributed by atoms with van der Waals surface area (Å²) in [7, 11) is 0. The van der Waals surface area contributed by atoms with Crippen LogP contribution < -0.4 is 5.73 Å². The first-order chi connectivity index (χ1) is 9.06. The molecule has 0 saturated carbocycles. The number of hydrogen-bond acceptors (Lipinski definition) is 1. The third kappa shape index (κ3) is 1.95. The molecule has 96 valence electrons. The van der Waals surface area contributed by atoms with E-state index in [2.05, 4.69) is 50.8 Å². The summed E-state index contributed by atoms with van der Waals surface area (Å²) >= 11 is 0. The van der Waals surface area contributed by atoms with E-state index in [1.54, 1.807) is 0 Å². The second-order valence-corrected chi connectivity index (χ2v) is 5.50. The van der Waals surface area contributed by atoms with Crippen LogP contribution in [0.25, 0.3) is 16.7 Å². The monoisotopic (exact) mass is 249 g/mol. The molecule has 0 unspecified atom stereocenters. The van der Waals surface area contributed by atoms with Crippen LogP contribution in [0.3, 0.4) is 0 Å². The van der Waals surface area contributed by atoms with Crippen molar-refractivity contribution in [3.05, 3.63) is 59.2 Å². The van der Waals surface area contributed by atoms with Gasteiger partial charge in [0.2, 0.25) is 0 Å². The molecule has 0 atom stereocenters.